The Labute approximate surface area is 162 Å². The minimum Gasteiger partial charge on any atom is -0.298 e. The van der Waals surface area contributed by atoms with Crippen LogP contribution in [-0.2, 0) is 6.54 Å². The van der Waals surface area contributed by atoms with Crippen LogP contribution in [0.4, 0.5) is 5.13 Å². The van der Waals surface area contributed by atoms with E-state index in [1.165, 1.54) is 24.2 Å². The summed E-state index contributed by atoms with van der Waals surface area (Å²) in [4.78, 5) is 27.7. The van der Waals surface area contributed by atoms with E-state index in [4.69, 9.17) is 0 Å². The van der Waals surface area contributed by atoms with Gasteiger partial charge in [0.05, 0.1) is 11.3 Å². The summed E-state index contributed by atoms with van der Waals surface area (Å²) in [6.07, 6.45) is 9.28. The number of piperidine rings is 1. The molecule has 1 aliphatic heterocycles. The summed E-state index contributed by atoms with van der Waals surface area (Å²) in [5.74, 6) is 1.26. The Balaban J connectivity index is 1.36. The van der Waals surface area contributed by atoms with Crippen LogP contribution in [0.1, 0.15) is 35.8 Å². The molecule has 3 aromatic rings. The standard InChI is InChI=1S/C19H22N6OS/c1-14-3-2-7-24(10-14)11-16-12-27-19(22-16)23-18(26)15-4-5-17(21-9-15)25-8-6-20-13-25/h4-6,8-9,12-14H,2-3,7,10-11H2,1H3,(H,22,23,26). The Bertz CT molecular complexity index is 889. The molecule has 0 bridgehead atoms. The molecule has 1 unspecified atom stereocenters. The van der Waals surface area contributed by atoms with Gasteiger partial charge in [-0.2, -0.15) is 0 Å². The lowest BCUT2D eigenvalue weighted by Gasteiger charge is -2.30. The Morgan fingerprint density at radius 2 is 2.33 bits per heavy atom. The van der Waals surface area contributed by atoms with E-state index >= 15 is 0 Å². The molecule has 27 heavy (non-hydrogen) atoms. The van der Waals surface area contributed by atoms with Crippen molar-refractivity contribution in [1.82, 2.24) is 24.4 Å². The van der Waals surface area contributed by atoms with Gasteiger partial charge >= 0.3 is 0 Å². The maximum Gasteiger partial charge on any atom is 0.259 e. The molecule has 0 aliphatic carbocycles. The average molecular weight is 382 g/mol. The minimum absolute atomic E-state index is 0.202. The molecule has 1 atom stereocenters. The number of thiazole rings is 1. The summed E-state index contributed by atoms with van der Waals surface area (Å²) in [6, 6.07) is 3.54. The molecule has 0 radical (unpaired) electrons. The first-order valence-electron chi connectivity index (χ1n) is 9.10. The van der Waals surface area contributed by atoms with Crippen LogP contribution in [0, 0.1) is 5.92 Å². The average Bonchev–Trinajstić information content (AvgIpc) is 3.34. The monoisotopic (exact) mass is 382 g/mol. The molecule has 3 aromatic heterocycles. The lowest BCUT2D eigenvalue weighted by atomic mass is 10.0. The SMILES string of the molecule is CC1CCCN(Cc2csc(NC(=O)c3ccc(-n4ccnc4)nc3)n2)C1. The molecule has 4 heterocycles. The molecule has 7 nitrogen and oxygen atoms in total. The van der Waals surface area contributed by atoms with Crippen molar-refractivity contribution in [2.45, 2.75) is 26.3 Å². The van der Waals surface area contributed by atoms with Crippen molar-refractivity contribution >= 4 is 22.4 Å². The van der Waals surface area contributed by atoms with Gasteiger partial charge in [0.2, 0.25) is 0 Å². The maximum absolute atomic E-state index is 12.4. The van der Waals surface area contributed by atoms with E-state index in [1.807, 2.05) is 11.6 Å². The number of likely N-dealkylation sites (tertiary alicyclic amines) is 1. The molecule has 1 aliphatic rings. The van der Waals surface area contributed by atoms with Crippen LogP contribution < -0.4 is 5.32 Å². The molecule has 4 rings (SSSR count). The summed E-state index contributed by atoms with van der Waals surface area (Å²) >= 11 is 1.46. The van der Waals surface area contributed by atoms with Crippen LogP contribution in [-0.4, -0.2) is 43.4 Å². The second-order valence-electron chi connectivity index (χ2n) is 6.96. The van der Waals surface area contributed by atoms with Gasteiger partial charge in [-0.25, -0.2) is 15.0 Å². The van der Waals surface area contributed by atoms with Crippen molar-refractivity contribution in [1.29, 1.82) is 0 Å². The predicted octanol–water partition coefficient (Wildman–Crippen LogP) is 3.21. The van der Waals surface area contributed by atoms with Crippen molar-refractivity contribution in [3.63, 3.8) is 0 Å². The highest BCUT2D eigenvalue weighted by molar-refractivity contribution is 7.13. The molecule has 1 amide bonds. The van der Waals surface area contributed by atoms with Gasteiger partial charge in [0.15, 0.2) is 5.13 Å². The topological polar surface area (TPSA) is 75.9 Å². The van der Waals surface area contributed by atoms with E-state index in [9.17, 15) is 4.79 Å². The number of anilines is 1. The van der Waals surface area contributed by atoms with Gasteiger partial charge in [0.1, 0.15) is 12.1 Å². The number of imidazole rings is 1. The minimum atomic E-state index is -0.202. The molecule has 0 saturated carbocycles. The second-order valence-corrected chi connectivity index (χ2v) is 7.81. The Kier molecular flexibility index (Phi) is 5.26. The molecule has 1 fully saturated rings. The zero-order valence-electron chi connectivity index (χ0n) is 15.2. The first-order valence-corrected chi connectivity index (χ1v) is 9.98. The molecule has 1 saturated heterocycles. The summed E-state index contributed by atoms with van der Waals surface area (Å²) in [5.41, 5.74) is 1.51. The van der Waals surface area contributed by atoms with E-state index in [0.717, 1.165) is 37.1 Å². The number of aromatic nitrogens is 4. The summed E-state index contributed by atoms with van der Waals surface area (Å²) in [7, 11) is 0. The summed E-state index contributed by atoms with van der Waals surface area (Å²) in [5, 5.41) is 5.52. The van der Waals surface area contributed by atoms with Gasteiger partial charge in [-0.05, 0) is 37.4 Å². The molecule has 1 N–H and O–H groups in total. The molecule has 140 valence electrons. The highest BCUT2D eigenvalue weighted by Crippen LogP contribution is 2.21. The fraction of sp³-hybridized carbons (Fsp3) is 0.368. The normalized spacial score (nSPS) is 17.7. The largest absolute Gasteiger partial charge is 0.298 e. The Morgan fingerprint density at radius 1 is 1.41 bits per heavy atom. The second kappa shape index (κ2) is 7.98. The number of rotatable bonds is 5. The van der Waals surface area contributed by atoms with Crippen molar-refractivity contribution in [2.24, 2.45) is 5.92 Å². The van der Waals surface area contributed by atoms with Crippen molar-refractivity contribution in [3.8, 4) is 5.82 Å². The smallest absolute Gasteiger partial charge is 0.259 e. The van der Waals surface area contributed by atoms with Crippen LogP contribution in [0.25, 0.3) is 5.82 Å². The highest BCUT2D eigenvalue weighted by Gasteiger charge is 2.17. The third-order valence-electron chi connectivity index (χ3n) is 4.68. The van der Waals surface area contributed by atoms with Crippen molar-refractivity contribution in [2.75, 3.05) is 18.4 Å². The summed E-state index contributed by atoms with van der Waals surface area (Å²) in [6.45, 7) is 5.38. The molecular formula is C19H22N6OS. The van der Waals surface area contributed by atoms with Crippen LogP contribution in [0.3, 0.4) is 0 Å². The van der Waals surface area contributed by atoms with Crippen molar-refractivity contribution in [3.05, 3.63) is 53.7 Å². The van der Waals surface area contributed by atoms with Gasteiger partial charge in [0.25, 0.3) is 5.91 Å². The number of pyridine rings is 1. The fourth-order valence-electron chi connectivity index (χ4n) is 3.33. The van der Waals surface area contributed by atoms with Gasteiger partial charge < -0.3 is 0 Å². The van der Waals surface area contributed by atoms with E-state index in [0.29, 0.717) is 10.7 Å². The number of carbonyl (C=O) groups is 1. The van der Waals surface area contributed by atoms with Crippen LogP contribution in [0.2, 0.25) is 0 Å². The Morgan fingerprint density at radius 3 is 3.07 bits per heavy atom. The van der Waals surface area contributed by atoms with Crippen molar-refractivity contribution < 1.29 is 4.79 Å². The number of hydrogen-bond acceptors (Lipinski definition) is 6. The van der Waals surface area contributed by atoms with Crippen LogP contribution >= 0.6 is 11.3 Å². The van der Waals surface area contributed by atoms with E-state index in [1.54, 1.807) is 35.4 Å². The van der Waals surface area contributed by atoms with Gasteiger partial charge in [0, 0.05) is 37.1 Å². The zero-order chi connectivity index (χ0) is 18.6. The zero-order valence-corrected chi connectivity index (χ0v) is 16.0. The maximum atomic E-state index is 12.4. The molecule has 0 aromatic carbocycles. The first kappa shape index (κ1) is 17.8. The summed E-state index contributed by atoms with van der Waals surface area (Å²) < 4.78 is 1.79. The predicted molar refractivity (Wildman–Crippen MR) is 105 cm³/mol. The van der Waals surface area contributed by atoms with Gasteiger partial charge in [-0.1, -0.05) is 6.92 Å². The lowest BCUT2D eigenvalue weighted by Crippen LogP contribution is -2.33. The fourth-order valence-corrected chi connectivity index (χ4v) is 4.03. The third-order valence-corrected chi connectivity index (χ3v) is 5.48. The van der Waals surface area contributed by atoms with E-state index in [2.05, 4.69) is 32.1 Å². The number of hydrogen-bond donors (Lipinski definition) is 1. The van der Waals surface area contributed by atoms with E-state index in [-0.39, 0.29) is 5.91 Å². The number of nitrogens with zero attached hydrogens (tertiary/aromatic N) is 5. The van der Waals surface area contributed by atoms with E-state index < -0.39 is 0 Å². The highest BCUT2D eigenvalue weighted by atomic mass is 32.1. The molecule has 0 spiro atoms. The molecule has 8 heteroatoms. The van der Waals surface area contributed by atoms with Gasteiger partial charge in [-0.3, -0.25) is 19.6 Å². The van der Waals surface area contributed by atoms with Crippen LogP contribution in [0.15, 0.2) is 42.4 Å². The Hall–Kier alpha value is -2.58. The quantitative estimate of drug-likeness (QED) is 0.733. The lowest BCUT2D eigenvalue weighted by molar-refractivity contribution is 0.102. The number of nitrogens with one attached hydrogen (secondary N) is 1. The molecular weight excluding hydrogens is 360 g/mol. The first-order chi connectivity index (χ1) is 13.2. The van der Waals surface area contributed by atoms with Gasteiger partial charge in [-0.15, -0.1) is 11.3 Å². The third kappa shape index (κ3) is 4.40. The number of amides is 1. The number of carbonyl (C=O) groups excluding carboxylic acids is 1. The van der Waals surface area contributed by atoms with Crippen LogP contribution in [0.5, 0.6) is 0 Å².